The highest BCUT2D eigenvalue weighted by Crippen LogP contribution is 2.31. The first kappa shape index (κ1) is 12.9. The molecule has 0 aliphatic heterocycles. The Morgan fingerprint density at radius 2 is 2.24 bits per heavy atom. The quantitative estimate of drug-likeness (QED) is 0.890. The molecule has 0 spiro atoms. The van der Waals surface area contributed by atoms with Gasteiger partial charge in [0.25, 0.3) is 0 Å². The van der Waals surface area contributed by atoms with Crippen LogP contribution in [-0.2, 0) is 0 Å². The van der Waals surface area contributed by atoms with E-state index in [0.29, 0.717) is 0 Å². The Balaban J connectivity index is 1.87. The lowest BCUT2D eigenvalue weighted by molar-refractivity contribution is 0.221. The van der Waals surface area contributed by atoms with Crippen molar-refractivity contribution < 1.29 is 4.74 Å². The van der Waals surface area contributed by atoms with Crippen molar-refractivity contribution in [2.75, 3.05) is 6.61 Å². The van der Waals surface area contributed by atoms with Gasteiger partial charge in [-0.05, 0) is 52.9 Å². The fraction of sp³-hybridized carbons (Fsp3) is 0.571. The molecule has 1 unspecified atom stereocenters. The second kappa shape index (κ2) is 5.87. The summed E-state index contributed by atoms with van der Waals surface area (Å²) < 4.78 is 6.79. The van der Waals surface area contributed by atoms with Crippen molar-refractivity contribution >= 4 is 15.9 Å². The Morgan fingerprint density at radius 1 is 1.47 bits per heavy atom. The topological polar surface area (TPSA) is 35.2 Å². The zero-order valence-electron chi connectivity index (χ0n) is 10.3. The van der Waals surface area contributed by atoms with Crippen molar-refractivity contribution in [3.05, 3.63) is 28.2 Å². The van der Waals surface area contributed by atoms with Gasteiger partial charge in [-0.2, -0.15) is 0 Å². The van der Waals surface area contributed by atoms with Crippen molar-refractivity contribution in [1.82, 2.24) is 0 Å². The molecule has 17 heavy (non-hydrogen) atoms. The van der Waals surface area contributed by atoms with Crippen LogP contribution in [-0.4, -0.2) is 6.61 Å². The number of nitrogens with two attached hydrogens (primary N) is 1. The maximum atomic E-state index is 5.84. The van der Waals surface area contributed by atoms with E-state index < -0.39 is 0 Å². The van der Waals surface area contributed by atoms with Crippen molar-refractivity contribution in [2.24, 2.45) is 11.7 Å². The maximum Gasteiger partial charge on any atom is 0.133 e. The predicted octanol–water partition coefficient (Wildman–Crippen LogP) is 4.04. The van der Waals surface area contributed by atoms with E-state index >= 15 is 0 Å². The first-order chi connectivity index (χ1) is 8.16. The molecule has 2 N–H and O–H groups in total. The smallest absolute Gasteiger partial charge is 0.133 e. The van der Waals surface area contributed by atoms with E-state index in [4.69, 9.17) is 10.5 Å². The number of hydrogen-bond acceptors (Lipinski definition) is 2. The Morgan fingerprint density at radius 3 is 2.76 bits per heavy atom. The lowest BCUT2D eigenvalue weighted by atomic mass is 9.83. The normalized spacial score (nSPS) is 17.6. The van der Waals surface area contributed by atoms with Gasteiger partial charge in [0.1, 0.15) is 5.75 Å². The van der Waals surface area contributed by atoms with Crippen molar-refractivity contribution in [2.45, 2.75) is 38.6 Å². The van der Waals surface area contributed by atoms with Gasteiger partial charge >= 0.3 is 0 Å². The Kier molecular flexibility index (Phi) is 4.46. The highest BCUT2D eigenvalue weighted by atomic mass is 79.9. The number of benzene rings is 1. The van der Waals surface area contributed by atoms with Crippen molar-refractivity contribution in [1.29, 1.82) is 0 Å². The number of hydrogen-bond donors (Lipinski definition) is 1. The molecular formula is C14H20BrNO. The summed E-state index contributed by atoms with van der Waals surface area (Å²) >= 11 is 3.53. The average Bonchev–Trinajstić information content (AvgIpc) is 2.23. The molecule has 1 atom stereocenters. The van der Waals surface area contributed by atoms with E-state index in [1.54, 1.807) is 0 Å². The number of ether oxygens (including phenoxy) is 1. The third kappa shape index (κ3) is 3.46. The van der Waals surface area contributed by atoms with Gasteiger partial charge in [0.2, 0.25) is 0 Å². The molecule has 0 amide bonds. The van der Waals surface area contributed by atoms with Gasteiger partial charge in [0, 0.05) is 6.04 Å². The Bertz CT molecular complexity index is 374. The fourth-order valence-electron chi connectivity index (χ4n) is 2.03. The molecule has 1 aromatic rings. The summed E-state index contributed by atoms with van der Waals surface area (Å²) in [6, 6.07) is 6.15. The number of halogens is 1. The molecule has 1 aromatic carbocycles. The zero-order valence-corrected chi connectivity index (χ0v) is 11.9. The van der Waals surface area contributed by atoms with Gasteiger partial charge in [-0.3, -0.25) is 0 Å². The van der Waals surface area contributed by atoms with Crippen LogP contribution in [0.4, 0.5) is 0 Å². The first-order valence-corrected chi connectivity index (χ1v) is 7.14. The lowest BCUT2D eigenvalue weighted by Crippen LogP contribution is -2.14. The van der Waals surface area contributed by atoms with Crippen LogP contribution in [0.25, 0.3) is 0 Å². The van der Waals surface area contributed by atoms with E-state index in [9.17, 15) is 0 Å². The highest BCUT2D eigenvalue weighted by Gasteiger charge is 2.17. The molecule has 0 bridgehead atoms. The van der Waals surface area contributed by atoms with Gasteiger partial charge in [-0.25, -0.2) is 0 Å². The van der Waals surface area contributed by atoms with Crippen LogP contribution >= 0.6 is 15.9 Å². The van der Waals surface area contributed by atoms with E-state index in [2.05, 4.69) is 15.9 Å². The maximum absolute atomic E-state index is 5.84. The third-order valence-electron chi connectivity index (χ3n) is 3.49. The van der Waals surface area contributed by atoms with Crippen LogP contribution in [0.15, 0.2) is 22.7 Å². The number of rotatable bonds is 5. The molecule has 2 nitrogen and oxygen atoms in total. The molecule has 0 heterocycles. The molecule has 1 saturated carbocycles. The SMILES string of the molecule is CC(N)c1ccc(OCCC2CCC2)c(Br)c1. The second-order valence-corrected chi connectivity index (χ2v) is 5.77. The van der Waals surface area contributed by atoms with Gasteiger partial charge < -0.3 is 10.5 Å². The Labute approximate surface area is 112 Å². The van der Waals surface area contributed by atoms with E-state index in [0.717, 1.165) is 28.3 Å². The molecule has 2 rings (SSSR count). The largest absolute Gasteiger partial charge is 0.492 e. The van der Waals surface area contributed by atoms with Crippen LogP contribution in [0.3, 0.4) is 0 Å². The first-order valence-electron chi connectivity index (χ1n) is 6.34. The minimum atomic E-state index is 0.0651. The molecule has 1 fully saturated rings. The minimum absolute atomic E-state index is 0.0651. The van der Waals surface area contributed by atoms with Gasteiger partial charge in [-0.1, -0.05) is 25.3 Å². The van der Waals surface area contributed by atoms with Gasteiger partial charge in [-0.15, -0.1) is 0 Å². The minimum Gasteiger partial charge on any atom is -0.492 e. The molecule has 0 aromatic heterocycles. The summed E-state index contributed by atoms with van der Waals surface area (Å²) in [6.07, 6.45) is 5.35. The van der Waals surface area contributed by atoms with Gasteiger partial charge in [0.05, 0.1) is 11.1 Å². The predicted molar refractivity (Wildman–Crippen MR) is 74.2 cm³/mol. The molecule has 1 aliphatic carbocycles. The lowest BCUT2D eigenvalue weighted by Gasteiger charge is -2.25. The average molecular weight is 298 g/mol. The van der Waals surface area contributed by atoms with Crippen LogP contribution < -0.4 is 10.5 Å². The van der Waals surface area contributed by atoms with Crippen LogP contribution in [0, 0.1) is 5.92 Å². The fourth-order valence-corrected chi connectivity index (χ4v) is 2.55. The molecule has 3 heteroatoms. The summed E-state index contributed by atoms with van der Waals surface area (Å²) in [5, 5.41) is 0. The Hall–Kier alpha value is -0.540. The van der Waals surface area contributed by atoms with E-state index in [-0.39, 0.29) is 6.04 Å². The van der Waals surface area contributed by atoms with Crippen LogP contribution in [0.2, 0.25) is 0 Å². The zero-order chi connectivity index (χ0) is 12.3. The van der Waals surface area contributed by atoms with Crippen molar-refractivity contribution in [3.63, 3.8) is 0 Å². The molecule has 0 radical (unpaired) electrons. The summed E-state index contributed by atoms with van der Waals surface area (Å²) in [5.74, 6) is 1.82. The summed E-state index contributed by atoms with van der Waals surface area (Å²) in [4.78, 5) is 0. The van der Waals surface area contributed by atoms with E-state index in [1.807, 2.05) is 25.1 Å². The monoisotopic (exact) mass is 297 g/mol. The summed E-state index contributed by atoms with van der Waals surface area (Å²) in [6.45, 7) is 2.81. The molecule has 1 aliphatic rings. The molecule has 94 valence electrons. The molecular weight excluding hydrogens is 278 g/mol. The third-order valence-corrected chi connectivity index (χ3v) is 4.11. The van der Waals surface area contributed by atoms with Crippen LogP contribution in [0.5, 0.6) is 5.75 Å². The summed E-state index contributed by atoms with van der Waals surface area (Å²) in [5.41, 5.74) is 6.96. The van der Waals surface area contributed by atoms with E-state index in [1.165, 1.54) is 25.7 Å². The van der Waals surface area contributed by atoms with Crippen LogP contribution in [0.1, 0.15) is 44.2 Å². The standard InChI is InChI=1S/C14H20BrNO/c1-10(16)12-5-6-14(13(15)9-12)17-8-7-11-3-2-4-11/h5-6,9-11H,2-4,7-8,16H2,1H3. The van der Waals surface area contributed by atoms with Crippen molar-refractivity contribution in [3.8, 4) is 5.75 Å². The van der Waals surface area contributed by atoms with Gasteiger partial charge in [0.15, 0.2) is 0 Å². The molecule has 0 saturated heterocycles. The highest BCUT2D eigenvalue weighted by molar-refractivity contribution is 9.10. The second-order valence-electron chi connectivity index (χ2n) is 4.91. The summed E-state index contributed by atoms with van der Waals surface area (Å²) in [7, 11) is 0.